The van der Waals surface area contributed by atoms with E-state index in [2.05, 4.69) is 5.32 Å². The number of nitrogens with two attached hydrogens (primary N) is 1. The van der Waals surface area contributed by atoms with E-state index in [4.69, 9.17) is 5.73 Å². The van der Waals surface area contributed by atoms with Crippen LogP contribution in [0.25, 0.3) is 0 Å². The molecular formula is C12H16N2O. The second kappa shape index (κ2) is 4.45. The lowest BCUT2D eigenvalue weighted by Crippen LogP contribution is -2.42. The van der Waals surface area contributed by atoms with E-state index in [-0.39, 0.29) is 5.91 Å². The Morgan fingerprint density at radius 3 is 2.67 bits per heavy atom. The van der Waals surface area contributed by atoms with Crippen molar-refractivity contribution >= 4 is 5.91 Å². The largest absolute Gasteiger partial charge is 0.352 e. The van der Waals surface area contributed by atoms with Gasteiger partial charge in [-0.05, 0) is 24.8 Å². The summed E-state index contributed by atoms with van der Waals surface area (Å²) in [5, 5.41) is 2.91. The third-order valence-electron chi connectivity index (χ3n) is 2.56. The summed E-state index contributed by atoms with van der Waals surface area (Å²) in [7, 11) is 0. The predicted octanol–water partition coefficient (Wildman–Crippen LogP) is 0.835. The Labute approximate surface area is 89.7 Å². The van der Waals surface area contributed by atoms with Crippen LogP contribution in [0.2, 0.25) is 0 Å². The number of benzene rings is 1. The molecule has 1 aromatic rings. The van der Waals surface area contributed by atoms with Gasteiger partial charge in [-0.25, -0.2) is 0 Å². The second-order valence-electron chi connectivity index (χ2n) is 4.08. The first kappa shape index (κ1) is 10.2. The standard InChI is InChI=1S/C12H16N2O/c13-11(12(15)14-10-6-7-10)8-9-4-2-1-3-5-9/h1-5,10-11H,6-8,13H2,(H,14,15)/t11-/m1/s1. The van der Waals surface area contributed by atoms with Gasteiger partial charge >= 0.3 is 0 Å². The highest BCUT2D eigenvalue weighted by molar-refractivity contribution is 5.82. The predicted molar refractivity (Wildman–Crippen MR) is 59.3 cm³/mol. The lowest BCUT2D eigenvalue weighted by molar-refractivity contribution is -0.122. The third-order valence-corrected chi connectivity index (χ3v) is 2.56. The number of carbonyl (C=O) groups is 1. The SMILES string of the molecule is N[C@H](Cc1ccccc1)C(=O)NC1CC1. The van der Waals surface area contributed by atoms with Gasteiger partial charge in [-0.15, -0.1) is 0 Å². The van der Waals surface area contributed by atoms with E-state index < -0.39 is 6.04 Å². The normalized spacial score (nSPS) is 17.1. The molecule has 1 aromatic carbocycles. The van der Waals surface area contributed by atoms with Crippen LogP contribution in [0.15, 0.2) is 30.3 Å². The monoisotopic (exact) mass is 204 g/mol. The maximum atomic E-state index is 11.6. The third kappa shape index (κ3) is 3.06. The minimum Gasteiger partial charge on any atom is -0.352 e. The fraction of sp³-hybridized carbons (Fsp3) is 0.417. The van der Waals surface area contributed by atoms with Gasteiger partial charge in [0.2, 0.25) is 5.91 Å². The fourth-order valence-electron chi connectivity index (χ4n) is 1.50. The molecule has 3 heteroatoms. The molecule has 1 fully saturated rings. The first-order chi connectivity index (χ1) is 7.25. The minimum absolute atomic E-state index is 0.0265. The van der Waals surface area contributed by atoms with Gasteiger partial charge in [-0.1, -0.05) is 30.3 Å². The van der Waals surface area contributed by atoms with Crippen molar-refractivity contribution in [2.75, 3.05) is 0 Å². The fourth-order valence-corrected chi connectivity index (χ4v) is 1.50. The average Bonchev–Trinajstić information content (AvgIpc) is 3.03. The molecule has 0 aromatic heterocycles. The Hall–Kier alpha value is -1.35. The molecule has 15 heavy (non-hydrogen) atoms. The molecule has 0 bridgehead atoms. The zero-order chi connectivity index (χ0) is 10.7. The highest BCUT2D eigenvalue weighted by Gasteiger charge is 2.25. The lowest BCUT2D eigenvalue weighted by atomic mass is 10.1. The van der Waals surface area contributed by atoms with Crippen LogP contribution < -0.4 is 11.1 Å². The minimum atomic E-state index is -0.423. The maximum Gasteiger partial charge on any atom is 0.237 e. The summed E-state index contributed by atoms with van der Waals surface area (Å²) in [6, 6.07) is 9.82. The van der Waals surface area contributed by atoms with E-state index in [0.29, 0.717) is 12.5 Å². The summed E-state index contributed by atoms with van der Waals surface area (Å²) in [6.07, 6.45) is 2.81. The Kier molecular flexibility index (Phi) is 3.02. The van der Waals surface area contributed by atoms with Gasteiger partial charge in [0.25, 0.3) is 0 Å². The van der Waals surface area contributed by atoms with Crippen molar-refractivity contribution < 1.29 is 4.79 Å². The van der Waals surface area contributed by atoms with Crippen molar-refractivity contribution in [1.29, 1.82) is 0 Å². The molecule has 80 valence electrons. The molecule has 2 rings (SSSR count). The van der Waals surface area contributed by atoms with E-state index >= 15 is 0 Å². The summed E-state index contributed by atoms with van der Waals surface area (Å²) < 4.78 is 0. The van der Waals surface area contributed by atoms with Gasteiger partial charge in [0.05, 0.1) is 6.04 Å². The van der Waals surface area contributed by atoms with Gasteiger partial charge in [0.1, 0.15) is 0 Å². The molecule has 0 aliphatic heterocycles. The van der Waals surface area contributed by atoms with Crippen LogP contribution in [0, 0.1) is 0 Å². The molecule has 1 saturated carbocycles. The van der Waals surface area contributed by atoms with Crippen LogP contribution in [-0.4, -0.2) is 18.0 Å². The molecule has 0 spiro atoms. The van der Waals surface area contributed by atoms with Crippen molar-refractivity contribution in [3.8, 4) is 0 Å². The van der Waals surface area contributed by atoms with Crippen molar-refractivity contribution in [3.05, 3.63) is 35.9 Å². The van der Waals surface area contributed by atoms with Crippen molar-refractivity contribution in [2.45, 2.75) is 31.3 Å². The first-order valence-electron chi connectivity index (χ1n) is 5.35. The summed E-state index contributed by atoms with van der Waals surface area (Å²) in [6.45, 7) is 0. The van der Waals surface area contributed by atoms with Crippen LogP contribution in [-0.2, 0) is 11.2 Å². The van der Waals surface area contributed by atoms with E-state index in [1.165, 1.54) is 0 Å². The van der Waals surface area contributed by atoms with Crippen LogP contribution in [0.3, 0.4) is 0 Å². The second-order valence-corrected chi connectivity index (χ2v) is 4.08. The number of nitrogens with one attached hydrogen (secondary N) is 1. The Morgan fingerprint density at radius 2 is 2.07 bits per heavy atom. The number of amides is 1. The van der Waals surface area contributed by atoms with Crippen LogP contribution in [0.5, 0.6) is 0 Å². The molecule has 1 aliphatic rings. The van der Waals surface area contributed by atoms with Crippen LogP contribution >= 0.6 is 0 Å². The number of hydrogen-bond acceptors (Lipinski definition) is 2. The first-order valence-corrected chi connectivity index (χ1v) is 5.35. The van der Waals surface area contributed by atoms with Crippen molar-refractivity contribution in [1.82, 2.24) is 5.32 Å². The molecule has 0 unspecified atom stereocenters. The Balaban J connectivity index is 1.85. The van der Waals surface area contributed by atoms with Gasteiger partial charge in [0.15, 0.2) is 0 Å². The summed E-state index contributed by atoms with van der Waals surface area (Å²) >= 11 is 0. The molecular weight excluding hydrogens is 188 g/mol. The van der Waals surface area contributed by atoms with Gasteiger partial charge in [-0.3, -0.25) is 4.79 Å². The molecule has 0 heterocycles. The van der Waals surface area contributed by atoms with E-state index in [9.17, 15) is 4.79 Å². The smallest absolute Gasteiger partial charge is 0.237 e. The highest BCUT2D eigenvalue weighted by Crippen LogP contribution is 2.18. The Bertz CT molecular complexity index is 333. The maximum absolute atomic E-state index is 11.6. The van der Waals surface area contributed by atoms with Crippen molar-refractivity contribution in [3.63, 3.8) is 0 Å². The zero-order valence-electron chi connectivity index (χ0n) is 8.65. The number of carbonyl (C=O) groups excluding carboxylic acids is 1. The average molecular weight is 204 g/mol. The molecule has 3 nitrogen and oxygen atoms in total. The van der Waals surface area contributed by atoms with Crippen molar-refractivity contribution in [2.24, 2.45) is 5.73 Å². The topological polar surface area (TPSA) is 55.1 Å². The molecule has 1 amide bonds. The quantitative estimate of drug-likeness (QED) is 0.763. The molecule has 0 radical (unpaired) electrons. The summed E-state index contributed by atoms with van der Waals surface area (Å²) in [4.78, 5) is 11.6. The molecule has 3 N–H and O–H groups in total. The van der Waals surface area contributed by atoms with E-state index in [1.54, 1.807) is 0 Å². The summed E-state index contributed by atoms with van der Waals surface area (Å²) in [5.41, 5.74) is 6.92. The van der Waals surface area contributed by atoms with Crippen LogP contribution in [0.4, 0.5) is 0 Å². The molecule has 0 saturated heterocycles. The molecule has 1 aliphatic carbocycles. The van der Waals surface area contributed by atoms with Gasteiger partial charge in [-0.2, -0.15) is 0 Å². The zero-order valence-corrected chi connectivity index (χ0v) is 8.65. The highest BCUT2D eigenvalue weighted by atomic mass is 16.2. The summed E-state index contributed by atoms with van der Waals surface area (Å²) in [5.74, 6) is -0.0265. The lowest BCUT2D eigenvalue weighted by Gasteiger charge is -2.11. The Morgan fingerprint density at radius 1 is 1.40 bits per heavy atom. The van der Waals surface area contributed by atoms with E-state index in [0.717, 1.165) is 18.4 Å². The van der Waals surface area contributed by atoms with Crippen LogP contribution in [0.1, 0.15) is 18.4 Å². The van der Waals surface area contributed by atoms with Gasteiger partial charge in [0, 0.05) is 6.04 Å². The number of hydrogen-bond donors (Lipinski definition) is 2. The van der Waals surface area contributed by atoms with Gasteiger partial charge < -0.3 is 11.1 Å². The van der Waals surface area contributed by atoms with E-state index in [1.807, 2.05) is 30.3 Å². The molecule has 1 atom stereocenters. The number of rotatable bonds is 4.